The number of nitro groups is 1. The van der Waals surface area contributed by atoms with Crippen LogP contribution in [-0.2, 0) is 6.54 Å². The van der Waals surface area contributed by atoms with Gasteiger partial charge in [-0.15, -0.1) is 0 Å². The van der Waals surface area contributed by atoms with Crippen molar-refractivity contribution in [2.75, 3.05) is 18.4 Å². The second kappa shape index (κ2) is 9.02. The number of nitro benzene ring substituents is 1. The molecule has 1 heterocycles. The minimum absolute atomic E-state index is 0.00615. The van der Waals surface area contributed by atoms with Crippen LogP contribution in [0.15, 0.2) is 18.2 Å². The van der Waals surface area contributed by atoms with Gasteiger partial charge >= 0.3 is 6.09 Å². The summed E-state index contributed by atoms with van der Waals surface area (Å²) in [5.74, 6) is 0. The SMILES string of the molecule is CC(NCc1ccc(NCC2(C(C)(C)C)CCCN2C(=O)O)c([N+](=O)[O-])c1)C(C)(C)C. The van der Waals surface area contributed by atoms with Crippen LogP contribution in [0, 0.1) is 20.9 Å². The summed E-state index contributed by atoms with van der Waals surface area (Å²) in [6.45, 7) is 16.0. The van der Waals surface area contributed by atoms with Crippen molar-refractivity contribution >= 4 is 17.5 Å². The van der Waals surface area contributed by atoms with Crippen molar-refractivity contribution in [3.05, 3.63) is 33.9 Å². The molecule has 1 aromatic carbocycles. The van der Waals surface area contributed by atoms with Gasteiger partial charge in [-0.05, 0) is 42.2 Å². The van der Waals surface area contributed by atoms with Crippen LogP contribution in [0.1, 0.15) is 66.9 Å². The summed E-state index contributed by atoms with van der Waals surface area (Å²) in [6.07, 6.45) is 0.554. The lowest BCUT2D eigenvalue weighted by Crippen LogP contribution is -2.59. The highest BCUT2D eigenvalue weighted by Gasteiger charge is 2.51. The molecular formula is C23H38N4O4. The van der Waals surface area contributed by atoms with Gasteiger partial charge in [-0.2, -0.15) is 0 Å². The van der Waals surface area contributed by atoms with Gasteiger partial charge in [0.15, 0.2) is 0 Å². The molecular weight excluding hydrogens is 396 g/mol. The minimum Gasteiger partial charge on any atom is -0.465 e. The van der Waals surface area contributed by atoms with Gasteiger partial charge in [0, 0.05) is 31.7 Å². The number of hydrogen-bond acceptors (Lipinski definition) is 5. The van der Waals surface area contributed by atoms with Gasteiger partial charge in [0.2, 0.25) is 0 Å². The predicted octanol–water partition coefficient (Wildman–Crippen LogP) is 5.09. The molecule has 2 unspecified atom stereocenters. The number of anilines is 1. The van der Waals surface area contributed by atoms with Crippen LogP contribution in [0.25, 0.3) is 0 Å². The normalized spacial score (nSPS) is 20.5. The number of likely N-dealkylation sites (tertiary alicyclic amines) is 1. The summed E-state index contributed by atoms with van der Waals surface area (Å²) in [5, 5.41) is 28.1. The molecule has 0 spiro atoms. The van der Waals surface area contributed by atoms with Crippen molar-refractivity contribution in [2.24, 2.45) is 10.8 Å². The first-order valence-corrected chi connectivity index (χ1v) is 10.9. The predicted molar refractivity (Wildman–Crippen MR) is 123 cm³/mol. The molecule has 1 fully saturated rings. The van der Waals surface area contributed by atoms with E-state index in [0.29, 0.717) is 25.3 Å². The molecule has 2 rings (SSSR count). The van der Waals surface area contributed by atoms with Crippen molar-refractivity contribution in [3.8, 4) is 0 Å². The third kappa shape index (κ3) is 5.47. The molecule has 31 heavy (non-hydrogen) atoms. The molecule has 1 aliphatic heterocycles. The van der Waals surface area contributed by atoms with Crippen LogP contribution in [0.2, 0.25) is 0 Å². The minimum atomic E-state index is -0.946. The van der Waals surface area contributed by atoms with Gasteiger partial charge in [-0.3, -0.25) is 10.1 Å². The first-order valence-electron chi connectivity index (χ1n) is 10.9. The van der Waals surface area contributed by atoms with Crippen LogP contribution in [-0.4, -0.2) is 45.7 Å². The lowest BCUT2D eigenvalue weighted by atomic mass is 9.71. The van der Waals surface area contributed by atoms with Crippen molar-refractivity contribution < 1.29 is 14.8 Å². The number of carbonyl (C=O) groups is 1. The Bertz CT molecular complexity index is 813. The second-order valence-electron chi connectivity index (χ2n) is 10.8. The number of carboxylic acid groups (broad SMARTS) is 1. The Hall–Kier alpha value is -2.35. The van der Waals surface area contributed by atoms with Crippen molar-refractivity contribution in [1.82, 2.24) is 10.2 Å². The van der Waals surface area contributed by atoms with Gasteiger partial charge in [-0.25, -0.2) is 4.79 Å². The zero-order chi connectivity index (χ0) is 23.6. The number of amides is 1. The summed E-state index contributed by atoms with van der Waals surface area (Å²) < 4.78 is 0. The number of rotatable bonds is 7. The number of nitrogens with one attached hydrogen (secondary N) is 2. The molecule has 0 aliphatic carbocycles. The maximum absolute atomic E-state index is 11.9. The quantitative estimate of drug-likeness (QED) is 0.407. The van der Waals surface area contributed by atoms with E-state index in [2.05, 4.69) is 38.3 Å². The van der Waals surface area contributed by atoms with E-state index < -0.39 is 11.6 Å². The van der Waals surface area contributed by atoms with Crippen LogP contribution < -0.4 is 10.6 Å². The van der Waals surface area contributed by atoms with E-state index in [0.717, 1.165) is 18.4 Å². The van der Waals surface area contributed by atoms with Crippen molar-refractivity contribution in [1.29, 1.82) is 0 Å². The Labute approximate surface area is 185 Å². The summed E-state index contributed by atoms with van der Waals surface area (Å²) in [4.78, 5) is 24.7. The molecule has 1 amide bonds. The second-order valence-corrected chi connectivity index (χ2v) is 10.8. The summed E-state index contributed by atoms with van der Waals surface area (Å²) >= 11 is 0. The molecule has 1 aliphatic rings. The zero-order valence-corrected chi connectivity index (χ0v) is 19.9. The Morgan fingerprint density at radius 2 is 1.94 bits per heavy atom. The van der Waals surface area contributed by atoms with Gasteiger partial charge in [0.1, 0.15) is 5.69 Å². The van der Waals surface area contributed by atoms with E-state index in [1.165, 1.54) is 4.90 Å². The highest BCUT2D eigenvalue weighted by Crippen LogP contribution is 2.44. The summed E-state index contributed by atoms with van der Waals surface area (Å²) in [6, 6.07) is 5.46. The summed E-state index contributed by atoms with van der Waals surface area (Å²) in [7, 11) is 0. The molecule has 1 aromatic rings. The van der Waals surface area contributed by atoms with Crippen molar-refractivity contribution in [2.45, 2.75) is 79.4 Å². The molecule has 0 saturated carbocycles. The lowest BCUT2D eigenvalue weighted by Gasteiger charge is -2.47. The van der Waals surface area contributed by atoms with E-state index in [4.69, 9.17) is 0 Å². The van der Waals surface area contributed by atoms with Crippen LogP contribution in [0.5, 0.6) is 0 Å². The molecule has 0 aromatic heterocycles. The van der Waals surface area contributed by atoms with Gasteiger partial charge in [-0.1, -0.05) is 47.6 Å². The van der Waals surface area contributed by atoms with E-state index in [9.17, 15) is 20.0 Å². The van der Waals surface area contributed by atoms with Gasteiger partial charge in [0.05, 0.1) is 10.5 Å². The largest absolute Gasteiger partial charge is 0.465 e. The van der Waals surface area contributed by atoms with E-state index in [1.807, 2.05) is 26.8 Å². The lowest BCUT2D eigenvalue weighted by molar-refractivity contribution is -0.384. The van der Waals surface area contributed by atoms with Gasteiger partial charge in [0.25, 0.3) is 5.69 Å². The Morgan fingerprint density at radius 1 is 1.29 bits per heavy atom. The molecule has 8 nitrogen and oxygen atoms in total. The first kappa shape index (κ1) is 24.9. The molecule has 174 valence electrons. The Morgan fingerprint density at radius 3 is 2.45 bits per heavy atom. The van der Waals surface area contributed by atoms with Crippen LogP contribution in [0.4, 0.5) is 16.2 Å². The average molecular weight is 435 g/mol. The van der Waals surface area contributed by atoms with E-state index >= 15 is 0 Å². The van der Waals surface area contributed by atoms with E-state index in [-0.39, 0.29) is 27.5 Å². The van der Waals surface area contributed by atoms with Gasteiger partial charge < -0.3 is 20.6 Å². The molecule has 8 heteroatoms. The van der Waals surface area contributed by atoms with E-state index in [1.54, 1.807) is 12.1 Å². The fourth-order valence-corrected chi connectivity index (χ4v) is 4.19. The Kier molecular flexibility index (Phi) is 7.25. The molecule has 2 atom stereocenters. The van der Waals surface area contributed by atoms with Crippen LogP contribution >= 0.6 is 0 Å². The molecule has 0 radical (unpaired) electrons. The third-order valence-corrected chi connectivity index (χ3v) is 6.86. The summed E-state index contributed by atoms with van der Waals surface area (Å²) in [5.41, 5.74) is 0.398. The maximum atomic E-state index is 11.9. The number of benzene rings is 1. The first-order chi connectivity index (χ1) is 14.2. The molecule has 0 bridgehead atoms. The number of nitrogens with zero attached hydrogens (tertiary/aromatic N) is 2. The fraction of sp³-hybridized carbons (Fsp3) is 0.696. The standard InChI is InChI=1S/C23H38N4O4/c1-16(21(2,3)4)24-14-17-9-10-18(19(13-17)27(30)31)25-15-23(22(5,6)7)11-8-12-26(23)20(28)29/h9-10,13,16,24-25H,8,11-12,14-15H2,1-7H3,(H,28,29). The maximum Gasteiger partial charge on any atom is 0.407 e. The highest BCUT2D eigenvalue weighted by atomic mass is 16.6. The average Bonchev–Trinajstić information content (AvgIpc) is 3.09. The highest BCUT2D eigenvalue weighted by molar-refractivity contribution is 5.68. The topological polar surface area (TPSA) is 108 Å². The molecule has 1 saturated heterocycles. The fourth-order valence-electron chi connectivity index (χ4n) is 4.19. The smallest absolute Gasteiger partial charge is 0.407 e. The Balaban J connectivity index is 2.24. The number of hydrogen-bond donors (Lipinski definition) is 3. The molecule has 3 N–H and O–H groups in total. The van der Waals surface area contributed by atoms with Crippen molar-refractivity contribution in [3.63, 3.8) is 0 Å². The third-order valence-electron chi connectivity index (χ3n) is 6.86. The monoisotopic (exact) mass is 434 g/mol. The van der Waals surface area contributed by atoms with Crippen LogP contribution in [0.3, 0.4) is 0 Å². The zero-order valence-electron chi connectivity index (χ0n) is 19.9.